The van der Waals surface area contributed by atoms with E-state index in [0.29, 0.717) is 13.2 Å². The molecular formula is C18H22ClNO2. The SMILES string of the molecule is CCOCCOc1cccc(NCCc2ccc(Cl)cc2)c1. The standard InChI is InChI=1S/C18H22ClNO2/c1-2-21-12-13-22-18-5-3-4-17(14-18)20-11-10-15-6-8-16(19)9-7-15/h3-9,14,20H,2,10-13H2,1H3. The summed E-state index contributed by atoms with van der Waals surface area (Å²) in [6, 6.07) is 15.9. The highest BCUT2D eigenvalue weighted by molar-refractivity contribution is 6.30. The Hall–Kier alpha value is -1.71. The Morgan fingerprint density at radius 3 is 2.64 bits per heavy atom. The number of halogens is 1. The van der Waals surface area contributed by atoms with Crippen LogP contribution in [-0.4, -0.2) is 26.4 Å². The van der Waals surface area contributed by atoms with E-state index in [4.69, 9.17) is 21.1 Å². The van der Waals surface area contributed by atoms with Crippen LogP contribution in [0.15, 0.2) is 48.5 Å². The minimum atomic E-state index is 0.571. The van der Waals surface area contributed by atoms with Crippen LogP contribution >= 0.6 is 11.6 Å². The highest BCUT2D eigenvalue weighted by Gasteiger charge is 1.98. The summed E-state index contributed by atoms with van der Waals surface area (Å²) in [6.07, 6.45) is 0.951. The summed E-state index contributed by atoms with van der Waals surface area (Å²) in [5.74, 6) is 0.858. The van der Waals surface area contributed by atoms with E-state index in [2.05, 4.69) is 17.4 Å². The molecule has 118 valence electrons. The van der Waals surface area contributed by atoms with E-state index in [-0.39, 0.29) is 0 Å². The van der Waals surface area contributed by atoms with Gasteiger partial charge >= 0.3 is 0 Å². The summed E-state index contributed by atoms with van der Waals surface area (Å²) < 4.78 is 10.9. The number of ether oxygens (including phenoxy) is 2. The molecule has 0 unspecified atom stereocenters. The van der Waals surface area contributed by atoms with Gasteiger partial charge in [-0.3, -0.25) is 0 Å². The average Bonchev–Trinajstić information content (AvgIpc) is 2.54. The average molecular weight is 320 g/mol. The van der Waals surface area contributed by atoms with Gasteiger partial charge < -0.3 is 14.8 Å². The van der Waals surface area contributed by atoms with Gasteiger partial charge in [-0.1, -0.05) is 29.8 Å². The van der Waals surface area contributed by atoms with Gasteiger partial charge in [0.15, 0.2) is 0 Å². The molecule has 0 aliphatic carbocycles. The molecule has 4 heteroatoms. The van der Waals surface area contributed by atoms with Crippen molar-refractivity contribution in [2.45, 2.75) is 13.3 Å². The van der Waals surface area contributed by atoms with Crippen LogP contribution in [0.1, 0.15) is 12.5 Å². The molecule has 0 aromatic heterocycles. The molecule has 2 rings (SSSR count). The molecule has 0 aliphatic heterocycles. The molecule has 0 saturated heterocycles. The Labute approximate surface area is 137 Å². The lowest BCUT2D eigenvalue weighted by Gasteiger charge is -2.10. The second kappa shape index (κ2) is 9.34. The lowest BCUT2D eigenvalue weighted by molar-refractivity contribution is 0.110. The van der Waals surface area contributed by atoms with Gasteiger partial charge in [-0.05, 0) is 43.2 Å². The molecule has 0 aliphatic rings. The number of hydrogen-bond donors (Lipinski definition) is 1. The Kier molecular flexibility index (Phi) is 7.07. The molecule has 22 heavy (non-hydrogen) atoms. The van der Waals surface area contributed by atoms with Crippen molar-refractivity contribution >= 4 is 17.3 Å². The van der Waals surface area contributed by atoms with Gasteiger partial charge in [0, 0.05) is 29.9 Å². The van der Waals surface area contributed by atoms with Crippen LogP contribution in [0.2, 0.25) is 5.02 Å². The summed E-state index contributed by atoms with van der Waals surface area (Å²) in [7, 11) is 0. The van der Waals surface area contributed by atoms with Gasteiger partial charge in [0.1, 0.15) is 12.4 Å². The Morgan fingerprint density at radius 1 is 1.05 bits per heavy atom. The van der Waals surface area contributed by atoms with Gasteiger partial charge in [0.2, 0.25) is 0 Å². The van der Waals surface area contributed by atoms with Crippen LogP contribution in [0.25, 0.3) is 0 Å². The third-order valence-corrected chi connectivity index (χ3v) is 3.44. The molecule has 0 heterocycles. The molecule has 0 fully saturated rings. The maximum Gasteiger partial charge on any atom is 0.121 e. The van der Waals surface area contributed by atoms with E-state index in [1.54, 1.807) is 0 Å². The summed E-state index contributed by atoms with van der Waals surface area (Å²) in [4.78, 5) is 0. The number of nitrogens with one attached hydrogen (secondary N) is 1. The lowest BCUT2D eigenvalue weighted by atomic mass is 10.1. The number of benzene rings is 2. The molecule has 0 saturated carbocycles. The van der Waals surface area contributed by atoms with Crippen LogP contribution in [0.4, 0.5) is 5.69 Å². The first kappa shape index (κ1) is 16.7. The summed E-state index contributed by atoms with van der Waals surface area (Å²) in [5, 5.41) is 4.18. The van der Waals surface area contributed by atoms with Crippen molar-refractivity contribution in [3.8, 4) is 5.75 Å². The summed E-state index contributed by atoms with van der Waals surface area (Å²) in [6.45, 7) is 4.75. The van der Waals surface area contributed by atoms with Gasteiger partial charge in [0.25, 0.3) is 0 Å². The first-order valence-corrected chi connectivity index (χ1v) is 7.94. The highest BCUT2D eigenvalue weighted by atomic mass is 35.5. The monoisotopic (exact) mass is 319 g/mol. The van der Waals surface area contributed by atoms with Crippen LogP contribution < -0.4 is 10.1 Å². The first-order chi connectivity index (χ1) is 10.8. The minimum absolute atomic E-state index is 0.571. The van der Waals surface area contributed by atoms with E-state index >= 15 is 0 Å². The molecule has 0 atom stereocenters. The van der Waals surface area contributed by atoms with Crippen LogP contribution in [0, 0.1) is 0 Å². The fraction of sp³-hybridized carbons (Fsp3) is 0.333. The molecule has 0 bridgehead atoms. The van der Waals surface area contributed by atoms with Crippen molar-refractivity contribution in [1.82, 2.24) is 0 Å². The molecule has 0 radical (unpaired) electrons. The first-order valence-electron chi connectivity index (χ1n) is 7.57. The predicted octanol–water partition coefficient (Wildman–Crippen LogP) is 4.41. The zero-order valence-corrected chi connectivity index (χ0v) is 13.6. The van der Waals surface area contributed by atoms with Crippen LogP contribution in [0.5, 0.6) is 5.75 Å². The smallest absolute Gasteiger partial charge is 0.121 e. The minimum Gasteiger partial charge on any atom is -0.491 e. The van der Waals surface area contributed by atoms with Crippen LogP contribution in [-0.2, 0) is 11.2 Å². The second-order valence-electron chi connectivity index (χ2n) is 4.88. The normalized spacial score (nSPS) is 10.5. The molecule has 1 N–H and O–H groups in total. The zero-order chi connectivity index (χ0) is 15.6. The molecule has 0 spiro atoms. The van der Waals surface area contributed by atoms with Crippen molar-refractivity contribution in [1.29, 1.82) is 0 Å². The van der Waals surface area contributed by atoms with Crippen molar-refractivity contribution < 1.29 is 9.47 Å². The third-order valence-electron chi connectivity index (χ3n) is 3.19. The quantitative estimate of drug-likeness (QED) is 0.694. The zero-order valence-electron chi connectivity index (χ0n) is 12.8. The largest absolute Gasteiger partial charge is 0.491 e. The predicted molar refractivity (Wildman–Crippen MR) is 92.1 cm³/mol. The van der Waals surface area contributed by atoms with E-state index in [0.717, 1.165) is 36.0 Å². The molecular weight excluding hydrogens is 298 g/mol. The van der Waals surface area contributed by atoms with Crippen molar-refractivity contribution in [2.24, 2.45) is 0 Å². The Bertz CT molecular complexity index is 557. The van der Waals surface area contributed by atoms with E-state index < -0.39 is 0 Å². The van der Waals surface area contributed by atoms with Crippen molar-refractivity contribution in [3.05, 3.63) is 59.1 Å². The second-order valence-corrected chi connectivity index (χ2v) is 5.31. The number of hydrogen-bond acceptors (Lipinski definition) is 3. The van der Waals surface area contributed by atoms with Crippen molar-refractivity contribution in [2.75, 3.05) is 31.7 Å². The van der Waals surface area contributed by atoms with Crippen LogP contribution in [0.3, 0.4) is 0 Å². The fourth-order valence-corrected chi connectivity index (χ4v) is 2.19. The van der Waals surface area contributed by atoms with E-state index in [1.165, 1.54) is 5.56 Å². The summed E-state index contributed by atoms with van der Waals surface area (Å²) in [5.41, 5.74) is 2.32. The maximum absolute atomic E-state index is 5.88. The maximum atomic E-state index is 5.88. The van der Waals surface area contributed by atoms with Gasteiger partial charge in [-0.2, -0.15) is 0 Å². The van der Waals surface area contributed by atoms with Gasteiger partial charge in [-0.25, -0.2) is 0 Å². The molecule has 3 nitrogen and oxygen atoms in total. The molecule has 0 amide bonds. The summed E-state index contributed by atoms with van der Waals surface area (Å²) >= 11 is 5.88. The number of rotatable bonds is 9. The third kappa shape index (κ3) is 5.96. The number of anilines is 1. The lowest BCUT2D eigenvalue weighted by Crippen LogP contribution is -2.07. The topological polar surface area (TPSA) is 30.5 Å². The molecule has 2 aromatic carbocycles. The van der Waals surface area contributed by atoms with Gasteiger partial charge in [-0.15, -0.1) is 0 Å². The fourth-order valence-electron chi connectivity index (χ4n) is 2.06. The van der Waals surface area contributed by atoms with Crippen molar-refractivity contribution in [3.63, 3.8) is 0 Å². The van der Waals surface area contributed by atoms with Gasteiger partial charge in [0.05, 0.1) is 6.61 Å². The highest BCUT2D eigenvalue weighted by Crippen LogP contribution is 2.17. The Morgan fingerprint density at radius 2 is 1.86 bits per heavy atom. The van der Waals surface area contributed by atoms with E-state index in [1.807, 2.05) is 43.3 Å². The van der Waals surface area contributed by atoms with E-state index in [9.17, 15) is 0 Å². The Balaban J connectivity index is 1.76. The molecule has 2 aromatic rings.